The first-order valence-electron chi connectivity index (χ1n) is 5.93. The van der Waals surface area contributed by atoms with Gasteiger partial charge in [-0.3, -0.25) is 0 Å². The Labute approximate surface area is 105 Å². The zero-order valence-corrected chi connectivity index (χ0v) is 9.78. The second-order valence-electron chi connectivity index (χ2n) is 4.51. The molecule has 18 heavy (non-hydrogen) atoms. The minimum Gasteiger partial charge on any atom is -0.458 e. The van der Waals surface area contributed by atoms with Gasteiger partial charge in [0.1, 0.15) is 5.75 Å². The summed E-state index contributed by atoms with van der Waals surface area (Å²) >= 11 is 0. The van der Waals surface area contributed by atoms with Crippen LogP contribution in [0.3, 0.4) is 0 Å². The quantitative estimate of drug-likeness (QED) is 0.807. The SMILES string of the molecule is OC1CC(O)(c2ccccc2)Oc2ccccc21. The van der Waals surface area contributed by atoms with Crippen molar-refractivity contribution >= 4 is 0 Å². The molecule has 0 saturated heterocycles. The van der Waals surface area contributed by atoms with E-state index in [2.05, 4.69) is 0 Å². The molecule has 0 radical (unpaired) electrons. The smallest absolute Gasteiger partial charge is 0.237 e. The van der Waals surface area contributed by atoms with E-state index in [1.54, 1.807) is 18.2 Å². The van der Waals surface area contributed by atoms with Crippen LogP contribution in [0, 0.1) is 0 Å². The van der Waals surface area contributed by atoms with Gasteiger partial charge in [-0.2, -0.15) is 0 Å². The number of rotatable bonds is 1. The molecule has 2 atom stereocenters. The van der Waals surface area contributed by atoms with Gasteiger partial charge in [0.15, 0.2) is 0 Å². The Balaban J connectivity index is 2.03. The standard InChI is InChI=1S/C15H14O3/c16-13-10-15(17,11-6-2-1-3-7-11)18-14-9-5-4-8-12(13)14/h1-9,13,16-17H,10H2. The Hall–Kier alpha value is -1.84. The lowest BCUT2D eigenvalue weighted by molar-refractivity contribution is -0.181. The van der Waals surface area contributed by atoms with Crippen LogP contribution >= 0.6 is 0 Å². The van der Waals surface area contributed by atoms with Gasteiger partial charge in [-0.25, -0.2) is 0 Å². The molecule has 0 aromatic heterocycles. The van der Waals surface area contributed by atoms with Crippen molar-refractivity contribution in [3.05, 3.63) is 65.7 Å². The Morgan fingerprint density at radius 2 is 1.67 bits per heavy atom. The highest BCUT2D eigenvalue weighted by Crippen LogP contribution is 2.42. The Morgan fingerprint density at radius 1 is 1.00 bits per heavy atom. The van der Waals surface area contributed by atoms with Crippen molar-refractivity contribution in [3.63, 3.8) is 0 Å². The number of para-hydroxylation sites is 1. The highest BCUT2D eigenvalue weighted by molar-refractivity contribution is 5.39. The summed E-state index contributed by atoms with van der Waals surface area (Å²) in [4.78, 5) is 0. The van der Waals surface area contributed by atoms with Crippen LogP contribution in [0.25, 0.3) is 0 Å². The fraction of sp³-hybridized carbons (Fsp3) is 0.200. The maximum atomic E-state index is 10.6. The van der Waals surface area contributed by atoms with Crippen LogP contribution in [0.15, 0.2) is 54.6 Å². The van der Waals surface area contributed by atoms with Crippen molar-refractivity contribution in [3.8, 4) is 5.75 Å². The van der Waals surface area contributed by atoms with Crippen molar-refractivity contribution in [1.29, 1.82) is 0 Å². The van der Waals surface area contributed by atoms with E-state index >= 15 is 0 Å². The molecule has 1 aliphatic heterocycles. The average molecular weight is 242 g/mol. The maximum Gasteiger partial charge on any atom is 0.237 e. The summed E-state index contributed by atoms with van der Waals surface area (Å²) in [5, 5.41) is 20.7. The number of benzene rings is 2. The van der Waals surface area contributed by atoms with Gasteiger partial charge < -0.3 is 14.9 Å². The summed E-state index contributed by atoms with van der Waals surface area (Å²) < 4.78 is 5.67. The molecule has 1 aliphatic rings. The molecule has 3 rings (SSSR count). The molecule has 3 heteroatoms. The van der Waals surface area contributed by atoms with Gasteiger partial charge >= 0.3 is 0 Å². The number of fused-ring (bicyclic) bond motifs is 1. The molecule has 0 spiro atoms. The van der Waals surface area contributed by atoms with Crippen molar-refractivity contribution in [2.75, 3.05) is 0 Å². The van der Waals surface area contributed by atoms with E-state index in [4.69, 9.17) is 4.74 Å². The first kappa shape index (κ1) is 11.3. The van der Waals surface area contributed by atoms with E-state index in [0.29, 0.717) is 11.3 Å². The second kappa shape index (κ2) is 4.12. The van der Waals surface area contributed by atoms with Crippen molar-refractivity contribution in [2.45, 2.75) is 18.3 Å². The largest absolute Gasteiger partial charge is 0.458 e. The Bertz CT molecular complexity index is 553. The van der Waals surface area contributed by atoms with E-state index in [0.717, 1.165) is 5.56 Å². The molecule has 0 aliphatic carbocycles. The normalized spacial score (nSPS) is 26.2. The lowest BCUT2D eigenvalue weighted by Gasteiger charge is -2.36. The van der Waals surface area contributed by atoms with Crippen molar-refractivity contribution in [1.82, 2.24) is 0 Å². The first-order chi connectivity index (χ1) is 8.69. The summed E-state index contributed by atoms with van der Waals surface area (Å²) in [6.45, 7) is 0. The van der Waals surface area contributed by atoms with Crippen LogP contribution in [-0.2, 0) is 5.79 Å². The fourth-order valence-electron chi connectivity index (χ4n) is 2.32. The van der Waals surface area contributed by atoms with E-state index < -0.39 is 11.9 Å². The van der Waals surface area contributed by atoms with Crippen LogP contribution < -0.4 is 4.74 Å². The molecule has 2 unspecified atom stereocenters. The van der Waals surface area contributed by atoms with Gasteiger partial charge in [0.25, 0.3) is 0 Å². The van der Waals surface area contributed by atoms with Gasteiger partial charge in [-0.1, -0.05) is 48.5 Å². The summed E-state index contributed by atoms with van der Waals surface area (Å²) in [7, 11) is 0. The Kier molecular flexibility index (Phi) is 2.58. The lowest BCUT2D eigenvalue weighted by Crippen LogP contribution is -2.38. The fourth-order valence-corrected chi connectivity index (χ4v) is 2.32. The molecule has 3 nitrogen and oxygen atoms in total. The van der Waals surface area contributed by atoms with E-state index in [9.17, 15) is 10.2 Å². The van der Waals surface area contributed by atoms with Crippen molar-refractivity contribution < 1.29 is 14.9 Å². The molecular formula is C15H14O3. The molecule has 0 amide bonds. The topological polar surface area (TPSA) is 49.7 Å². The summed E-state index contributed by atoms with van der Waals surface area (Å²) in [6, 6.07) is 16.4. The lowest BCUT2D eigenvalue weighted by atomic mass is 9.92. The molecule has 2 aromatic carbocycles. The monoisotopic (exact) mass is 242 g/mol. The first-order valence-corrected chi connectivity index (χ1v) is 5.93. The third kappa shape index (κ3) is 1.78. The molecule has 2 aromatic rings. The number of aliphatic hydroxyl groups is 2. The van der Waals surface area contributed by atoms with Gasteiger partial charge in [0.05, 0.1) is 6.10 Å². The maximum absolute atomic E-state index is 10.6. The highest BCUT2D eigenvalue weighted by atomic mass is 16.6. The van der Waals surface area contributed by atoms with Gasteiger partial charge in [0.2, 0.25) is 5.79 Å². The van der Waals surface area contributed by atoms with E-state index in [-0.39, 0.29) is 6.42 Å². The summed E-state index contributed by atoms with van der Waals surface area (Å²) in [5.74, 6) is -0.933. The van der Waals surface area contributed by atoms with Crippen LogP contribution in [0.2, 0.25) is 0 Å². The molecule has 0 bridgehead atoms. The minimum absolute atomic E-state index is 0.133. The number of aliphatic hydroxyl groups excluding tert-OH is 1. The van der Waals surface area contributed by atoms with Gasteiger partial charge in [-0.15, -0.1) is 0 Å². The van der Waals surface area contributed by atoms with Crippen molar-refractivity contribution in [2.24, 2.45) is 0 Å². The van der Waals surface area contributed by atoms with E-state index in [1.165, 1.54) is 0 Å². The van der Waals surface area contributed by atoms with E-state index in [1.807, 2.05) is 36.4 Å². The minimum atomic E-state index is -1.46. The third-order valence-corrected chi connectivity index (χ3v) is 3.25. The van der Waals surface area contributed by atoms with Gasteiger partial charge in [0, 0.05) is 17.5 Å². The predicted molar refractivity (Wildman–Crippen MR) is 67.0 cm³/mol. The van der Waals surface area contributed by atoms with Crippen LogP contribution in [-0.4, -0.2) is 10.2 Å². The molecule has 2 N–H and O–H groups in total. The molecule has 1 heterocycles. The summed E-state index contributed by atoms with van der Waals surface area (Å²) in [5.41, 5.74) is 1.37. The number of hydrogen-bond acceptors (Lipinski definition) is 3. The highest BCUT2D eigenvalue weighted by Gasteiger charge is 2.40. The number of hydrogen-bond donors (Lipinski definition) is 2. The zero-order chi connectivity index (χ0) is 12.6. The predicted octanol–water partition coefficient (Wildman–Crippen LogP) is 2.35. The Morgan fingerprint density at radius 3 is 2.44 bits per heavy atom. The summed E-state index contributed by atoms with van der Waals surface area (Å²) in [6.07, 6.45) is -0.589. The third-order valence-electron chi connectivity index (χ3n) is 3.25. The molecule has 0 saturated carbocycles. The molecular weight excluding hydrogens is 228 g/mol. The van der Waals surface area contributed by atoms with Gasteiger partial charge in [-0.05, 0) is 6.07 Å². The average Bonchev–Trinajstić information content (AvgIpc) is 2.40. The number of ether oxygens (including phenoxy) is 1. The van der Waals surface area contributed by atoms with Crippen LogP contribution in [0.1, 0.15) is 23.7 Å². The second-order valence-corrected chi connectivity index (χ2v) is 4.51. The van der Waals surface area contributed by atoms with Crippen LogP contribution in [0.4, 0.5) is 0 Å². The molecule has 0 fully saturated rings. The molecule has 92 valence electrons. The zero-order valence-electron chi connectivity index (χ0n) is 9.78. The van der Waals surface area contributed by atoms with Crippen LogP contribution in [0.5, 0.6) is 5.75 Å².